The fourth-order valence-corrected chi connectivity index (χ4v) is 5.28. The molecule has 10 nitrogen and oxygen atoms in total. The van der Waals surface area contributed by atoms with Crippen LogP contribution >= 0.6 is 0 Å². The van der Waals surface area contributed by atoms with Crippen LogP contribution in [0.5, 0.6) is 5.75 Å². The van der Waals surface area contributed by atoms with Crippen LogP contribution in [0.4, 0.5) is 0 Å². The van der Waals surface area contributed by atoms with Crippen LogP contribution in [0, 0.1) is 19.8 Å². The quantitative estimate of drug-likeness (QED) is 0.255. The minimum atomic E-state index is -2.22. The van der Waals surface area contributed by atoms with Gasteiger partial charge in [-0.25, -0.2) is 19.2 Å². The Labute approximate surface area is 276 Å². The van der Waals surface area contributed by atoms with E-state index in [0.717, 1.165) is 16.9 Å². The van der Waals surface area contributed by atoms with Gasteiger partial charge in [0.2, 0.25) is 12.2 Å². The van der Waals surface area contributed by atoms with Gasteiger partial charge in [0.1, 0.15) is 5.75 Å². The summed E-state index contributed by atoms with van der Waals surface area (Å²) in [6.45, 7) is 14.9. The Morgan fingerprint density at radius 1 is 0.809 bits per heavy atom. The third-order valence-corrected chi connectivity index (χ3v) is 8.36. The summed E-state index contributed by atoms with van der Waals surface area (Å²) in [6, 6.07) is 20.8. The van der Waals surface area contributed by atoms with E-state index in [1.165, 1.54) is 49.3 Å². The summed E-state index contributed by atoms with van der Waals surface area (Å²) in [6.07, 6.45) is -2.99. The summed E-state index contributed by atoms with van der Waals surface area (Å²) < 4.78 is 15.5. The molecule has 2 unspecified atom stereocenters. The molecule has 252 valence electrons. The van der Waals surface area contributed by atoms with Crippen molar-refractivity contribution in [1.82, 2.24) is 4.90 Å². The number of rotatable bonds is 10. The van der Waals surface area contributed by atoms with E-state index in [-0.39, 0.29) is 22.6 Å². The van der Waals surface area contributed by atoms with E-state index < -0.39 is 36.1 Å². The van der Waals surface area contributed by atoms with Gasteiger partial charge in [-0.2, -0.15) is 0 Å². The highest BCUT2D eigenvalue weighted by Crippen LogP contribution is 2.40. The topological polar surface area (TPSA) is 140 Å². The van der Waals surface area contributed by atoms with Crippen LogP contribution in [-0.4, -0.2) is 77.4 Å². The maximum atomic E-state index is 12.2. The third kappa shape index (κ3) is 10.1. The fourth-order valence-electron chi connectivity index (χ4n) is 5.28. The number of carboxylic acid groups (broad SMARTS) is 2. The number of hydrogen-bond acceptors (Lipinski definition) is 8. The minimum absolute atomic E-state index is 0.0332. The number of aryl methyl sites for hydroxylation is 2. The number of carboxylic acids is 2. The van der Waals surface area contributed by atoms with Gasteiger partial charge in [0.15, 0.2) is 0 Å². The van der Waals surface area contributed by atoms with Crippen molar-refractivity contribution in [1.29, 1.82) is 0 Å². The van der Waals surface area contributed by atoms with Crippen LogP contribution in [0.3, 0.4) is 0 Å². The molecule has 3 aromatic rings. The van der Waals surface area contributed by atoms with Gasteiger partial charge in [-0.1, -0.05) is 61.4 Å². The second-order valence-electron chi connectivity index (χ2n) is 12.6. The standard InChI is InChI=1S/C20H18O8.C17H27NO/c1-11-3-7-13(8-4-11)19(25)27-15(17(21)22)16(18(23)24)28-20(26)14-9-5-12(2)6-10-14;1-13(2)19-16-8-6-7-15(11-16)17(4)9-10-18(5)12-14(17)3/h3-10,15-16H,1-2H3,(H,21,22)(H,23,24);6-8,11,13-14H,9-10,12H2,1-5H3/t15-,16-;/m0./s1. The molecule has 2 N–H and O–H groups in total. The first-order chi connectivity index (χ1) is 22.1. The highest BCUT2D eigenvalue weighted by Gasteiger charge is 2.41. The lowest BCUT2D eigenvalue weighted by Gasteiger charge is -2.44. The largest absolute Gasteiger partial charge is 0.491 e. The molecule has 47 heavy (non-hydrogen) atoms. The van der Waals surface area contributed by atoms with Crippen molar-refractivity contribution in [2.75, 3.05) is 20.1 Å². The minimum Gasteiger partial charge on any atom is -0.491 e. The zero-order valence-corrected chi connectivity index (χ0v) is 28.1. The monoisotopic (exact) mass is 647 g/mol. The van der Waals surface area contributed by atoms with Crippen molar-refractivity contribution >= 4 is 23.9 Å². The van der Waals surface area contributed by atoms with Gasteiger partial charge in [0.05, 0.1) is 17.2 Å². The predicted octanol–water partition coefficient (Wildman–Crippen LogP) is 5.93. The number of piperidine rings is 1. The number of esters is 2. The summed E-state index contributed by atoms with van der Waals surface area (Å²) in [4.78, 5) is 49.8. The molecule has 0 amide bonds. The van der Waals surface area contributed by atoms with Gasteiger partial charge >= 0.3 is 23.9 Å². The second kappa shape index (κ2) is 16.2. The van der Waals surface area contributed by atoms with E-state index >= 15 is 0 Å². The molecule has 0 aromatic heterocycles. The molecule has 10 heteroatoms. The molecule has 1 heterocycles. The molecule has 3 aromatic carbocycles. The number of ether oxygens (including phenoxy) is 3. The second-order valence-corrected chi connectivity index (χ2v) is 12.6. The number of aliphatic carboxylic acids is 2. The molecule has 0 bridgehead atoms. The Morgan fingerprint density at radius 2 is 1.28 bits per heavy atom. The Kier molecular flexibility index (Phi) is 12.7. The molecule has 0 saturated carbocycles. The lowest BCUT2D eigenvalue weighted by Crippen LogP contribution is -2.45. The average Bonchev–Trinajstić information content (AvgIpc) is 3.01. The van der Waals surface area contributed by atoms with Crippen molar-refractivity contribution in [3.8, 4) is 5.75 Å². The lowest BCUT2D eigenvalue weighted by atomic mass is 9.68. The first-order valence-corrected chi connectivity index (χ1v) is 15.6. The summed E-state index contributed by atoms with van der Waals surface area (Å²) in [5.41, 5.74) is 3.48. The number of benzene rings is 3. The number of carbonyl (C=O) groups excluding carboxylic acids is 2. The molecule has 0 spiro atoms. The van der Waals surface area contributed by atoms with Crippen LogP contribution < -0.4 is 4.74 Å². The molecule has 0 aliphatic carbocycles. The van der Waals surface area contributed by atoms with E-state index in [1.807, 2.05) is 0 Å². The molecule has 4 atom stereocenters. The zero-order chi connectivity index (χ0) is 34.9. The number of hydrogen-bond donors (Lipinski definition) is 2. The maximum absolute atomic E-state index is 12.2. The summed E-state index contributed by atoms with van der Waals surface area (Å²) in [7, 11) is 2.22. The highest BCUT2D eigenvalue weighted by molar-refractivity contribution is 5.95. The van der Waals surface area contributed by atoms with E-state index in [1.54, 1.807) is 38.1 Å². The van der Waals surface area contributed by atoms with Crippen molar-refractivity contribution in [2.45, 2.75) is 71.7 Å². The Bertz CT molecular complexity index is 1460. The highest BCUT2D eigenvalue weighted by atomic mass is 16.6. The van der Waals surface area contributed by atoms with Crippen molar-refractivity contribution in [2.24, 2.45) is 5.92 Å². The first-order valence-electron chi connectivity index (χ1n) is 15.6. The van der Waals surface area contributed by atoms with Crippen LogP contribution in [0.1, 0.15) is 71.5 Å². The lowest BCUT2D eigenvalue weighted by molar-refractivity contribution is -0.166. The molecule has 4 rings (SSSR count). The Balaban J connectivity index is 0.000000274. The Morgan fingerprint density at radius 3 is 1.68 bits per heavy atom. The molecule has 1 fully saturated rings. The molecule has 0 radical (unpaired) electrons. The predicted molar refractivity (Wildman–Crippen MR) is 177 cm³/mol. The van der Waals surface area contributed by atoms with E-state index in [4.69, 9.17) is 14.2 Å². The van der Waals surface area contributed by atoms with Gasteiger partial charge in [-0.15, -0.1) is 0 Å². The molecule has 1 aliphatic rings. The normalized spacial score (nSPS) is 19.0. The number of carbonyl (C=O) groups is 4. The zero-order valence-electron chi connectivity index (χ0n) is 28.1. The van der Waals surface area contributed by atoms with Gasteiger partial charge in [0, 0.05) is 6.54 Å². The summed E-state index contributed by atoms with van der Waals surface area (Å²) in [5.74, 6) is -3.95. The smallest absolute Gasteiger partial charge is 0.349 e. The summed E-state index contributed by atoms with van der Waals surface area (Å²) in [5, 5.41) is 18.6. The van der Waals surface area contributed by atoms with Crippen molar-refractivity contribution in [3.63, 3.8) is 0 Å². The SMILES string of the molecule is CC(C)Oc1cccc(C2(C)CCN(C)CC2C)c1.Cc1ccc(C(=O)O[C@H](C(=O)O)[C@H](OC(=O)c2ccc(C)cc2)C(=O)O)cc1. The fraction of sp³-hybridized carbons (Fsp3) is 0.405. The summed E-state index contributed by atoms with van der Waals surface area (Å²) >= 11 is 0. The van der Waals surface area contributed by atoms with E-state index in [0.29, 0.717) is 5.92 Å². The van der Waals surface area contributed by atoms with E-state index in [2.05, 4.69) is 63.9 Å². The average molecular weight is 648 g/mol. The molecular formula is C37H45NO9. The van der Waals surface area contributed by atoms with Gasteiger partial charge in [-0.05, 0) is 101 Å². The van der Waals surface area contributed by atoms with Crippen LogP contribution in [-0.2, 0) is 24.5 Å². The third-order valence-electron chi connectivity index (χ3n) is 8.36. The number of likely N-dealkylation sites (tertiary alicyclic amines) is 1. The van der Waals surface area contributed by atoms with Crippen LogP contribution in [0.25, 0.3) is 0 Å². The van der Waals surface area contributed by atoms with Gasteiger partial charge in [-0.3, -0.25) is 0 Å². The molecule has 1 aliphatic heterocycles. The van der Waals surface area contributed by atoms with Crippen LogP contribution in [0.2, 0.25) is 0 Å². The Hall–Kier alpha value is -4.70. The van der Waals surface area contributed by atoms with Crippen molar-refractivity contribution in [3.05, 3.63) is 101 Å². The first kappa shape index (κ1) is 36.8. The maximum Gasteiger partial charge on any atom is 0.349 e. The number of nitrogens with zero attached hydrogens (tertiary/aromatic N) is 1. The molecule has 1 saturated heterocycles. The van der Waals surface area contributed by atoms with Gasteiger partial charge in [0.25, 0.3) is 0 Å². The van der Waals surface area contributed by atoms with Crippen LogP contribution in [0.15, 0.2) is 72.8 Å². The molecular weight excluding hydrogens is 602 g/mol. The van der Waals surface area contributed by atoms with Crippen molar-refractivity contribution < 1.29 is 43.6 Å². The van der Waals surface area contributed by atoms with Gasteiger partial charge < -0.3 is 29.3 Å². The van der Waals surface area contributed by atoms with E-state index in [9.17, 15) is 29.4 Å².